The minimum absolute atomic E-state index is 0.0224. The van der Waals surface area contributed by atoms with Crippen LogP contribution in [0.2, 0.25) is 0 Å². The van der Waals surface area contributed by atoms with Gasteiger partial charge in [-0.3, -0.25) is 0 Å². The third-order valence-corrected chi connectivity index (χ3v) is 6.12. The number of sulfone groups is 1. The van der Waals surface area contributed by atoms with Crippen molar-refractivity contribution in [3.63, 3.8) is 0 Å². The molecular formula is C14H16FNO3S. The van der Waals surface area contributed by atoms with Crippen LogP contribution in [0, 0.1) is 22.6 Å². The molecule has 0 bridgehead atoms. The normalized spacial score (nSPS) is 28.9. The van der Waals surface area contributed by atoms with Gasteiger partial charge in [-0.25, -0.2) is 12.8 Å². The fraction of sp³-hybridized carbons (Fsp3) is 0.500. The minimum Gasteiger partial charge on any atom is -0.383 e. The molecule has 0 heterocycles. The molecule has 1 fully saturated rings. The summed E-state index contributed by atoms with van der Waals surface area (Å²) in [5, 5.41) is 8.60. The lowest BCUT2D eigenvalue weighted by atomic mass is 10.0. The number of methoxy groups -OCH3 is 1. The van der Waals surface area contributed by atoms with Crippen molar-refractivity contribution < 1.29 is 17.5 Å². The largest absolute Gasteiger partial charge is 0.383 e. The average molecular weight is 297 g/mol. The molecule has 1 saturated carbocycles. The monoisotopic (exact) mass is 297 g/mol. The van der Waals surface area contributed by atoms with Crippen LogP contribution in [0.4, 0.5) is 4.39 Å². The Morgan fingerprint density at radius 1 is 1.50 bits per heavy atom. The zero-order valence-electron chi connectivity index (χ0n) is 11.3. The first kappa shape index (κ1) is 14.9. The van der Waals surface area contributed by atoms with E-state index in [-0.39, 0.29) is 12.4 Å². The standard InChI is InChI=1S/C14H16FNO3S/c1-3-20(17,18)13-12(14(13,8-16)9-19-2)10-5-4-6-11(15)7-10/h4-7,12-13H,3,9H2,1-2H3/t12-,13-,14+/m1/s1. The van der Waals surface area contributed by atoms with Crippen molar-refractivity contribution in [2.45, 2.75) is 18.1 Å². The highest BCUT2D eigenvalue weighted by Gasteiger charge is 2.71. The lowest BCUT2D eigenvalue weighted by molar-refractivity contribution is 0.162. The maximum Gasteiger partial charge on any atom is 0.155 e. The summed E-state index contributed by atoms with van der Waals surface area (Å²) in [6.07, 6.45) is 0. The summed E-state index contributed by atoms with van der Waals surface area (Å²) in [6.45, 7) is 1.57. The van der Waals surface area contributed by atoms with Crippen molar-refractivity contribution in [1.29, 1.82) is 5.26 Å². The zero-order valence-corrected chi connectivity index (χ0v) is 12.2. The Balaban J connectivity index is 2.48. The Kier molecular flexibility index (Phi) is 3.85. The third-order valence-electron chi connectivity index (χ3n) is 3.84. The van der Waals surface area contributed by atoms with Crippen LogP contribution in [0.3, 0.4) is 0 Å². The molecule has 1 aromatic carbocycles. The fourth-order valence-corrected chi connectivity index (χ4v) is 4.86. The van der Waals surface area contributed by atoms with Gasteiger partial charge in [-0.1, -0.05) is 19.1 Å². The van der Waals surface area contributed by atoms with Crippen LogP contribution in [0.5, 0.6) is 0 Å². The average Bonchev–Trinajstić information content (AvgIpc) is 3.09. The summed E-state index contributed by atoms with van der Waals surface area (Å²) in [5.74, 6) is -1.02. The second kappa shape index (κ2) is 5.15. The molecule has 1 aromatic rings. The molecule has 20 heavy (non-hydrogen) atoms. The molecule has 0 saturated heterocycles. The molecule has 0 N–H and O–H groups in total. The first-order valence-corrected chi connectivity index (χ1v) is 8.01. The van der Waals surface area contributed by atoms with E-state index in [4.69, 9.17) is 4.74 Å². The predicted octanol–water partition coefficient (Wildman–Crippen LogP) is 1.88. The van der Waals surface area contributed by atoms with Gasteiger partial charge in [0, 0.05) is 18.8 Å². The lowest BCUT2D eigenvalue weighted by Crippen LogP contribution is -2.20. The molecule has 0 aromatic heterocycles. The topological polar surface area (TPSA) is 67.2 Å². The number of nitriles is 1. The van der Waals surface area contributed by atoms with Crippen LogP contribution in [-0.2, 0) is 14.6 Å². The van der Waals surface area contributed by atoms with E-state index in [1.807, 2.05) is 0 Å². The summed E-state index contributed by atoms with van der Waals surface area (Å²) < 4.78 is 42.7. The Hall–Kier alpha value is -1.45. The molecule has 1 aliphatic rings. The quantitative estimate of drug-likeness (QED) is 0.832. The second-order valence-corrected chi connectivity index (χ2v) is 7.40. The molecule has 3 atom stereocenters. The van der Waals surface area contributed by atoms with E-state index < -0.39 is 32.2 Å². The van der Waals surface area contributed by atoms with Crippen LogP contribution in [0.25, 0.3) is 0 Å². The third kappa shape index (κ3) is 2.21. The number of halogens is 1. The fourth-order valence-electron chi connectivity index (χ4n) is 2.86. The van der Waals surface area contributed by atoms with Gasteiger partial charge in [0.1, 0.15) is 11.2 Å². The number of nitrogens with zero attached hydrogens (tertiary/aromatic N) is 1. The molecule has 6 heteroatoms. The minimum atomic E-state index is -3.40. The van der Waals surface area contributed by atoms with Crippen molar-refractivity contribution in [2.24, 2.45) is 5.41 Å². The zero-order chi connectivity index (χ0) is 15.0. The van der Waals surface area contributed by atoms with E-state index in [0.29, 0.717) is 5.56 Å². The highest BCUT2D eigenvalue weighted by Crippen LogP contribution is 2.62. The van der Waals surface area contributed by atoms with Gasteiger partial charge in [0.2, 0.25) is 0 Å². The van der Waals surface area contributed by atoms with Crippen LogP contribution < -0.4 is 0 Å². The molecule has 0 radical (unpaired) electrons. The van der Waals surface area contributed by atoms with Gasteiger partial charge >= 0.3 is 0 Å². The maximum atomic E-state index is 13.3. The van der Waals surface area contributed by atoms with Gasteiger partial charge in [-0.15, -0.1) is 0 Å². The Bertz CT molecular complexity index is 653. The van der Waals surface area contributed by atoms with E-state index in [0.717, 1.165) is 0 Å². The molecule has 1 aliphatic carbocycles. The molecule has 0 spiro atoms. The van der Waals surface area contributed by atoms with Crippen LogP contribution in [0.1, 0.15) is 18.4 Å². The molecule has 108 valence electrons. The van der Waals surface area contributed by atoms with Crippen LogP contribution in [-0.4, -0.2) is 33.1 Å². The highest BCUT2D eigenvalue weighted by molar-refractivity contribution is 7.92. The van der Waals surface area contributed by atoms with Crippen molar-refractivity contribution >= 4 is 9.84 Å². The summed E-state index contributed by atoms with van der Waals surface area (Å²) in [7, 11) is -1.98. The molecular weight excluding hydrogens is 281 g/mol. The number of ether oxygens (including phenoxy) is 1. The predicted molar refractivity (Wildman–Crippen MR) is 72.3 cm³/mol. The summed E-state index contributed by atoms with van der Waals surface area (Å²) in [6, 6.07) is 7.84. The molecule has 2 rings (SSSR count). The Morgan fingerprint density at radius 3 is 2.70 bits per heavy atom. The van der Waals surface area contributed by atoms with Gasteiger partial charge in [-0.05, 0) is 17.7 Å². The second-order valence-electron chi connectivity index (χ2n) is 4.99. The van der Waals surface area contributed by atoms with Gasteiger partial charge in [-0.2, -0.15) is 5.26 Å². The smallest absolute Gasteiger partial charge is 0.155 e. The Morgan fingerprint density at radius 2 is 2.20 bits per heavy atom. The van der Waals surface area contributed by atoms with Crippen molar-refractivity contribution in [3.8, 4) is 6.07 Å². The first-order valence-electron chi connectivity index (χ1n) is 6.30. The van der Waals surface area contributed by atoms with E-state index >= 15 is 0 Å². The highest BCUT2D eigenvalue weighted by atomic mass is 32.2. The van der Waals surface area contributed by atoms with E-state index in [9.17, 15) is 18.1 Å². The van der Waals surface area contributed by atoms with Gasteiger partial charge in [0.05, 0.1) is 17.9 Å². The number of rotatable bonds is 5. The summed E-state index contributed by atoms with van der Waals surface area (Å²) in [5.41, 5.74) is -0.581. The molecule has 0 aliphatic heterocycles. The van der Waals surface area contributed by atoms with E-state index in [1.165, 1.54) is 25.3 Å². The van der Waals surface area contributed by atoms with Crippen molar-refractivity contribution in [3.05, 3.63) is 35.6 Å². The maximum absolute atomic E-state index is 13.3. The van der Waals surface area contributed by atoms with Gasteiger partial charge < -0.3 is 4.74 Å². The molecule has 0 unspecified atom stereocenters. The summed E-state index contributed by atoms with van der Waals surface area (Å²) in [4.78, 5) is 0. The van der Waals surface area contributed by atoms with Gasteiger partial charge in [0.15, 0.2) is 9.84 Å². The van der Waals surface area contributed by atoms with E-state index in [1.54, 1.807) is 13.0 Å². The molecule has 4 nitrogen and oxygen atoms in total. The number of hydrogen-bond donors (Lipinski definition) is 0. The van der Waals surface area contributed by atoms with Crippen molar-refractivity contribution in [1.82, 2.24) is 0 Å². The SMILES string of the molecule is CCS(=O)(=O)[C@@H]1[C@@H](c2cccc(F)c2)[C@]1(C#N)COC. The van der Waals surface area contributed by atoms with E-state index in [2.05, 4.69) is 6.07 Å². The number of hydrogen-bond acceptors (Lipinski definition) is 4. The Labute approximate surface area is 118 Å². The van der Waals surface area contributed by atoms with Crippen LogP contribution in [0.15, 0.2) is 24.3 Å². The molecule has 0 amide bonds. The van der Waals surface area contributed by atoms with Crippen LogP contribution >= 0.6 is 0 Å². The summed E-state index contributed by atoms with van der Waals surface area (Å²) >= 11 is 0. The number of benzene rings is 1. The van der Waals surface area contributed by atoms with Crippen molar-refractivity contribution in [2.75, 3.05) is 19.5 Å². The first-order chi connectivity index (χ1) is 9.43. The lowest BCUT2D eigenvalue weighted by Gasteiger charge is -2.07. The van der Waals surface area contributed by atoms with Gasteiger partial charge in [0.25, 0.3) is 0 Å².